The van der Waals surface area contributed by atoms with Crippen LogP contribution in [0.1, 0.15) is 35.0 Å². The number of carbonyl (C=O) groups excluding carboxylic acids is 1. The van der Waals surface area contributed by atoms with Crippen LogP contribution in [0.25, 0.3) is 21.5 Å². The zero-order chi connectivity index (χ0) is 22.4. The van der Waals surface area contributed by atoms with Crippen molar-refractivity contribution in [3.63, 3.8) is 0 Å². The van der Waals surface area contributed by atoms with Gasteiger partial charge >= 0.3 is 0 Å². The van der Waals surface area contributed by atoms with E-state index in [9.17, 15) is 4.79 Å². The number of para-hydroxylation sites is 2. The summed E-state index contributed by atoms with van der Waals surface area (Å²) in [5, 5.41) is 9.64. The molecule has 4 aromatic rings. The van der Waals surface area contributed by atoms with Gasteiger partial charge in [0.05, 0.1) is 15.9 Å². The lowest BCUT2D eigenvalue weighted by Gasteiger charge is -2.46. The third-order valence-corrected chi connectivity index (χ3v) is 8.12. The minimum atomic E-state index is -0.126. The lowest BCUT2D eigenvalue weighted by Crippen LogP contribution is -2.40. The van der Waals surface area contributed by atoms with E-state index in [1.54, 1.807) is 0 Å². The average Bonchev–Trinajstić information content (AvgIpc) is 3.56. The Hall–Kier alpha value is -3.23. The average molecular weight is 459 g/mol. The molecule has 6 rings (SSSR count). The number of carbonyl (C=O) groups is 1. The fraction of sp³-hybridized carbons (Fsp3) is 0.320. The number of anilines is 2. The van der Waals surface area contributed by atoms with Gasteiger partial charge < -0.3 is 15.2 Å². The van der Waals surface area contributed by atoms with Crippen LogP contribution in [0.15, 0.2) is 54.7 Å². The number of rotatable bonds is 5. The highest BCUT2D eigenvalue weighted by Gasteiger charge is 2.47. The Morgan fingerprint density at radius 1 is 1.18 bits per heavy atom. The van der Waals surface area contributed by atoms with Crippen LogP contribution in [0.3, 0.4) is 0 Å². The van der Waals surface area contributed by atoms with Crippen LogP contribution in [0.2, 0.25) is 0 Å². The molecule has 1 amide bonds. The number of aromatic nitrogens is 3. The SMILES string of the molecule is CNc1ccc(-c2ccc(C(=O)Nc3nc4ccccc4n3[C@H]3C[C@@]4(CCNC4)C3)s2)cn1. The molecule has 168 valence electrons. The lowest BCUT2D eigenvalue weighted by atomic mass is 9.65. The van der Waals surface area contributed by atoms with Crippen molar-refractivity contribution in [3.05, 3.63) is 59.6 Å². The Morgan fingerprint density at radius 2 is 2.06 bits per heavy atom. The number of imidazole rings is 1. The van der Waals surface area contributed by atoms with Crippen molar-refractivity contribution in [2.75, 3.05) is 30.8 Å². The molecular weight excluding hydrogens is 432 g/mol. The highest BCUT2D eigenvalue weighted by Crippen LogP contribution is 2.53. The molecule has 8 heteroatoms. The summed E-state index contributed by atoms with van der Waals surface area (Å²) in [6.45, 7) is 2.20. The summed E-state index contributed by atoms with van der Waals surface area (Å²) in [4.78, 5) is 24.0. The molecule has 3 aromatic heterocycles. The van der Waals surface area contributed by atoms with Crippen LogP contribution >= 0.6 is 11.3 Å². The first-order chi connectivity index (χ1) is 16.1. The predicted octanol–water partition coefficient (Wildman–Crippen LogP) is 4.77. The zero-order valence-electron chi connectivity index (χ0n) is 18.5. The van der Waals surface area contributed by atoms with Gasteiger partial charge in [0, 0.05) is 36.3 Å². The number of amides is 1. The Kier molecular flexibility index (Phi) is 4.92. The molecule has 3 N–H and O–H groups in total. The largest absolute Gasteiger partial charge is 0.373 e. The molecule has 1 aliphatic carbocycles. The van der Waals surface area contributed by atoms with Crippen LogP contribution < -0.4 is 16.0 Å². The van der Waals surface area contributed by atoms with Gasteiger partial charge in [-0.1, -0.05) is 12.1 Å². The van der Waals surface area contributed by atoms with Crippen molar-refractivity contribution in [2.24, 2.45) is 5.41 Å². The molecule has 33 heavy (non-hydrogen) atoms. The van der Waals surface area contributed by atoms with Gasteiger partial charge in [-0.05, 0) is 67.6 Å². The summed E-state index contributed by atoms with van der Waals surface area (Å²) < 4.78 is 2.24. The van der Waals surface area contributed by atoms with Gasteiger partial charge in [-0.25, -0.2) is 9.97 Å². The molecule has 2 aliphatic rings. The number of fused-ring (bicyclic) bond motifs is 1. The van der Waals surface area contributed by atoms with Gasteiger partial charge in [-0.2, -0.15) is 0 Å². The monoisotopic (exact) mass is 458 g/mol. The smallest absolute Gasteiger partial charge is 0.268 e. The first kappa shape index (κ1) is 20.4. The third kappa shape index (κ3) is 3.59. The van der Waals surface area contributed by atoms with E-state index in [0.29, 0.717) is 22.3 Å². The van der Waals surface area contributed by atoms with E-state index in [4.69, 9.17) is 4.98 Å². The number of benzene rings is 1. The molecule has 1 aromatic carbocycles. The van der Waals surface area contributed by atoms with Gasteiger partial charge in [0.2, 0.25) is 5.95 Å². The minimum absolute atomic E-state index is 0.126. The Balaban J connectivity index is 1.26. The van der Waals surface area contributed by atoms with Gasteiger partial charge in [0.25, 0.3) is 5.91 Å². The molecule has 0 atom stereocenters. The number of nitrogens with zero attached hydrogens (tertiary/aromatic N) is 3. The van der Waals surface area contributed by atoms with E-state index in [1.807, 2.05) is 55.7 Å². The summed E-state index contributed by atoms with van der Waals surface area (Å²) in [5.74, 6) is 1.33. The van der Waals surface area contributed by atoms with Gasteiger partial charge in [0.15, 0.2) is 0 Å². The lowest BCUT2D eigenvalue weighted by molar-refractivity contribution is 0.0874. The molecule has 1 saturated heterocycles. The Labute approximate surface area is 196 Å². The van der Waals surface area contributed by atoms with Crippen molar-refractivity contribution in [2.45, 2.75) is 25.3 Å². The third-order valence-electron chi connectivity index (χ3n) is 6.99. The molecule has 0 unspecified atom stereocenters. The van der Waals surface area contributed by atoms with E-state index < -0.39 is 0 Å². The molecule has 0 bridgehead atoms. The van der Waals surface area contributed by atoms with Gasteiger partial charge in [-0.15, -0.1) is 11.3 Å². The van der Waals surface area contributed by atoms with E-state index in [2.05, 4.69) is 31.6 Å². The molecule has 1 aliphatic heterocycles. The summed E-state index contributed by atoms with van der Waals surface area (Å²) in [6.07, 6.45) is 5.31. The van der Waals surface area contributed by atoms with E-state index in [-0.39, 0.29) is 5.91 Å². The second-order valence-corrected chi connectivity index (χ2v) is 10.2. The standard InChI is InChI=1S/C25H26N6OS/c1-26-22-9-6-16(14-28-22)20-7-8-21(33-20)23(32)30-24-29-18-4-2-3-5-19(18)31(24)17-12-25(13-17)10-11-27-15-25/h2-9,14,17,27H,10-13,15H2,1H3,(H,26,28)(H,29,30,32)/t17-,25-. The van der Waals surface area contributed by atoms with Crippen LogP contribution in [-0.4, -0.2) is 40.6 Å². The molecule has 7 nitrogen and oxygen atoms in total. The molecule has 4 heterocycles. The molecule has 2 fully saturated rings. The first-order valence-corrected chi connectivity index (χ1v) is 12.2. The van der Waals surface area contributed by atoms with E-state index in [0.717, 1.165) is 53.2 Å². The number of hydrogen-bond donors (Lipinski definition) is 3. The Morgan fingerprint density at radius 3 is 2.82 bits per heavy atom. The number of hydrogen-bond acceptors (Lipinski definition) is 6. The van der Waals surface area contributed by atoms with Crippen molar-refractivity contribution >= 4 is 40.0 Å². The van der Waals surface area contributed by atoms with E-state index in [1.165, 1.54) is 17.8 Å². The fourth-order valence-electron chi connectivity index (χ4n) is 5.23. The van der Waals surface area contributed by atoms with Crippen molar-refractivity contribution < 1.29 is 4.79 Å². The topological polar surface area (TPSA) is 83.9 Å². The predicted molar refractivity (Wildman–Crippen MR) is 133 cm³/mol. The maximum absolute atomic E-state index is 13.2. The quantitative estimate of drug-likeness (QED) is 0.401. The van der Waals surface area contributed by atoms with Crippen LogP contribution in [0, 0.1) is 5.41 Å². The first-order valence-electron chi connectivity index (χ1n) is 11.4. The zero-order valence-corrected chi connectivity index (χ0v) is 19.3. The minimum Gasteiger partial charge on any atom is -0.373 e. The van der Waals surface area contributed by atoms with Crippen LogP contribution in [0.5, 0.6) is 0 Å². The molecule has 1 saturated carbocycles. The molecule has 1 spiro atoms. The number of thiophene rings is 1. The fourth-order valence-corrected chi connectivity index (χ4v) is 6.13. The summed E-state index contributed by atoms with van der Waals surface area (Å²) in [6, 6.07) is 16.3. The second kappa shape index (κ2) is 7.97. The normalized spacial score (nSPS) is 21.9. The maximum Gasteiger partial charge on any atom is 0.268 e. The van der Waals surface area contributed by atoms with Crippen molar-refractivity contribution in [1.29, 1.82) is 0 Å². The van der Waals surface area contributed by atoms with Crippen molar-refractivity contribution in [1.82, 2.24) is 19.9 Å². The molecule has 0 radical (unpaired) electrons. The van der Waals surface area contributed by atoms with Crippen molar-refractivity contribution in [3.8, 4) is 10.4 Å². The summed E-state index contributed by atoms with van der Waals surface area (Å²) in [5.41, 5.74) is 3.41. The highest BCUT2D eigenvalue weighted by molar-refractivity contribution is 7.17. The second-order valence-electron chi connectivity index (χ2n) is 9.08. The number of nitrogens with one attached hydrogen (secondary N) is 3. The van der Waals surface area contributed by atoms with Crippen LogP contribution in [-0.2, 0) is 0 Å². The molecular formula is C25H26N6OS. The summed E-state index contributed by atoms with van der Waals surface area (Å²) in [7, 11) is 1.84. The Bertz CT molecular complexity index is 1310. The van der Waals surface area contributed by atoms with Gasteiger partial charge in [-0.3, -0.25) is 10.1 Å². The number of pyridine rings is 1. The summed E-state index contributed by atoms with van der Waals surface area (Å²) >= 11 is 1.47. The highest BCUT2D eigenvalue weighted by atomic mass is 32.1. The maximum atomic E-state index is 13.2. The van der Waals surface area contributed by atoms with E-state index >= 15 is 0 Å². The van der Waals surface area contributed by atoms with Crippen LogP contribution in [0.4, 0.5) is 11.8 Å². The van der Waals surface area contributed by atoms with Gasteiger partial charge in [0.1, 0.15) is 5.82 Å².